The van der Waals surface area contributed by atoms with Gasteiger partial charge >= 0.3 is 5.97 Å². The number of carbonyl (C=O) groups is 1. The fraction of sp³-hybridized carbons (Fsp3) is 0.259. The van der Waals surface area contributed by atoms with Crippen LogP contribution in [0.25, 0.3) is 22.4 Å². The summed E-state index contributed by atoms with van der Waals surface area (Å²) in [6.45, 7) is 0.489. The number of carboxylic acid groups (broad SMARTS) is 1. The zero-order chi connectivity index (χ0) is 22.8. The van der Waals surface area contributed by atoms with E-state index in [0.717, 1.165) is 41.1 Å². The Hall–Kier alpha value is -3.67. The van der Waals surface area contributed by atoms with E-state index in [1.807, 2.05) is 60.7 Å². The van der Waals surface area contributed by atoms with Crippen LogP contribution in [-0.2, 0) is 6.61 Å². The van der Waals surface area contributed by atoms with Crippen molar-refractivity contribution in [2.45, 2.75) is 44.5 Å². The van der Waals surface area contributed by atoms with Gasteiger partial charge in [-0.05, 0) is 73.7 Å². The quantitative estimate of drug-likeness (QED) is 0.372. The standard InChI is InChI=1S/C27H25FN2O3/c28-21-9-11-22(12-10-21)30-25-15-8-20(27(31)32)16-24(25)29-26(30)19-6-13-23(14-7-19)33-17-18-4-2-1-3-5-18/h1-8,13-16,21-22H,9-12,17H2,(H,31,32)/t21-,22+. The van der Waals surface area contributed by atoms with Crippen LogP contribution in [0.15, 0.2) is 72.8 Å². The van der Waals surface area contributed by atoms with E-state index in [4.69, 9.17) is 9.72 Å². The minimum absolute atomic E-state index is 0.127. The minimum Gasteiger partial charge on any atom is -0.489 e. The summed E-state index contributed by atoms with van der Waals surface area (Å²) in [5.41, 5.74) is 3.73. The van der Waals surface area contributed by atoms with E-state index in [2.05, 4.69) is 4.57 Å². The number of alkyl halides is 1. The van der Waals surface area contributed by atoms with E-state index in [0.29, 0.717) is 25.0 Å². The molecule has 1 aromatic heterocycles. The number of halogens is 1. The number of nitrogens with zero attached hydrogens (tertiary/aromatic N) is 2. The number of hydrogen-bond donors (Lipinski definition) is 1. The van der Waals surface area contributed by atoms with Crippen molar-refractivity contribution in [2.75, 3.05) is 0 Å². The Labute approximate surface area is 191 Å². The maximum Gasteiger partial charge on any atom is 0.335 e. The predicted octanol–water partition coefficient (Wildman–Crippen LogP) is 6.43. The molecule has 5 nitrogen and oxygen atoms in total. The number of aromatic nitrogens is 2. The Bertz CT molecular complexity index is 1260. The molecule has 1 saturated carbocycles. The zero-order valence-electron chi connectivity index (χ0n) is 18.2. The van der Waals surface area contributed by atoms with Gasteiger partial charge in [-0.3, -0.25) is 0 Å². The Morgan fingerprint density at radius 1 is 1.00 bits per heavy atom. The van der Waals surface area contributed by atoms with Gasteiger partial charge in [-0.25, -0.2) is 14.2 Å². The average Bonchev–Trinajstić information content (AvgIpc) is 3.23. The maximum atomic E-state index is 13.8. The third kappa shape index (κ3) is 4.46. The maximum absolute atomic E-state index is 13.8. The molecule has 0 spiro atoms. The molecule has 1 heterocycles. The first kappa shape index (κ1) is 21.2. The Morgan fingerprint density at radius 2 is 1.73 bits per heavy atom. The highest BCUT2D eigenvalue weighted by Gasteiger charge is 2.26. The molecule has 0 atom stereocenters. The van der Waals surface area contributed by atoms with Crippen LogP contribution >= 0.6 is 0 Å². The van der Waals surface area contributed by atoms with Crippen molar-refractivity contribution in [2.24, 2.45) is 0 Å². The van der Waals surface area contributed by atoms with Gasteiger partial charge in [0.05, 0.1) is 16.6 Å². The molecule has 1 aliphatic carbocycles. The molecule has 0 saturated heterocycles. The topological polar surface area (TPSA) is 64.3 Å². The molecule has 5 rings (SSSR count). The van der Waals surface area contributed by atoms with Crippen molar-refractivity contribution in [1.82, 2.24) is 9.55 Å². The largest absolute Gasteiger partial charge is 0.489 e. The highest BCUT2D eigenvalue weighted by Crippen LogP contribution is 2.37. The number of fused-ring (bicyclic) bond motifs is 1. The predicted molar refractivity (Wildman–Crippen MR) is 125 cm³/mol. The van der Waals surface area contributed by atoms with E-state index < -0.39 is 12.1 Å². The third-order valence-corrected chi connectivity index (χ3v) is 6.29. The number of rotatable bonds is 6. The molecule has 168 valence electrons. The SMILES string of the molecule is O=C(O)c1ccc2c(c1)nc(-c1ccc(OCc3ccccc3)cc1)n2[C@H]1CC[C@@H](F)CC1. The summed E-state index contributed by atoms with van der Waals surface area (Å²) >= 11 is 0. The third-order valence-electron chi connectivity index (χ3n) is 6.29. The number of aromatic carboxylic acids is 1. The van der Waals surface area contributed by atoms with Crippen LogP contribution in [0.2, 0.25) is 0 Å². The number of hydrogen-bond acceptors (Lipinski definition) is 3. The normalized spacial score (nSPS) is 18.3. The Balaban J connectivity index is 1.48. The van der Waals surface area contributed by atoms with Gasteiger partial charge in [-0.15, -0.1) is 0 Å². The van der Waals surface area contributed by atoms with Gasteiger partial charge in [0.1, 0.15) is 24.4 Å². The van der Waals surface area contributed by atoms with Gasteiger partial charge in [0.15, 0.2) is 0 Å². The van der Waals surface area contributed by atoms with Crippen LogP contribution in [-0.4, -0.2) is 26.8 Å². The lowest BCUT2D eigenvalue weighted by Crippen LogP contribution is -2.19. The van der Waals surface area contributed by atoms with Crippen LogP contribution in [0.1, 0.15) is 47.6 Å². The molecular formula is C27H25FN2O3. The Morgan fingerprint density at radius 3 is 2.42 bits per heavy atom. The molecule has 4 aromatic rings. The lowest BCUT2D eigenvalue weighted by atomic mass is 9.93. The minimum atomic E-state index is -0.981. The summed E-state index contributed by atoms with van der Waals surface area (Å²) in [5, 5.41) is 9.39. The number of carboxylic acids is 1. The van der Waals surface area contributed by atoms with Crippen molar-refractivity contribution in [3.8, 4) is 17.1 Å². The molecule has 0 aliphatic heterocycles. The fourth-order valence-corrected chi connectivity index (χ4v) is 4.54. The van der Waals surface area contributed by atoms with E-state index in [9.17, 15) is 14.3 Å². The summed E-state index contributed by atoms with van der Waals surface area (Å²) in [7, 11) is 0. The molecule has 3 aromatic carbocycles. The monoisotopic (exact) mass is 444 g/mol. The van der Waals surface area contributed by atoms with Crippen LogP contribution in [0, 0.1) is 0 Å². The van der Waals surface area contributed by atoms with E-state index in [1.165, 1.54) is 0 Å². The summed E-state index contributed by atoms with van der Waals surface area (Å²) in [6.07, 6.45) is 1.78. The van der Waals surface area contributed by atoms with E-state index in [1.54, 1.807) is 12.1 Å². The van der Waals surface area contributed by atoms with Crippen molar-refractivity contribution in [3.05, 3.63) is 83.9 Å². The molecule has 0 bridgehead atoms. The fourth-order valence-electron chi connectivity index (χ4n) is 4.54. The first-order valence-electron chi connectivity index (χ1n) is 11.2. The summed E-state index contributed by atoms with van der Waals surface area (Å²) < 4.78 is 21.9. The highest BCUT2D eigenvalue weighted by molar-refractivity contribution is 5.93. The second-order valence-electron chi connectivity index (χ2n) is 8.52. The summed E-state index contributed by atoms with van der Waals surface area (Å²) in [5.74, 6) is 0.548. The second kappa shape index (κ2) is 9.06. The molecule has 0 radical (unpaired) electrons. The molecule has 0 unspecified atom stereocenters. The average molecular weight is 445 g/mol. The van der Waals surface area contributed by atoms with Crippen molar-refractivity contribution in [1.29, 1.82) is 0 Å². The number of ether oxygens (including phenoxy) is 1. The Kier molecular flexibility index (Phi) is 5.82. The molecule has 0 amide bonds. The number of imidazole rings is 1. The van der Waals surface area contributed by atoms with Crippen molar-refractivity contribution < 1.29 is 19.0 Å². The van der Waals surface area contributed by atoms with Gasteiger partial charge < -0.3 is 14.4 Å². The van der Waals surface area contributed by atoms with E-state index >= 15 is 0 Å². The van der Waals surface area contributed by atoms with Crippen molar-refractivity contribution in [3.63, 3.8) is 0 Å². The van der Waals surface area contributed by atoms with E-state index in [-0.39, 0.29) is 11.6 Å². The van der Waals surface area contributed by atoms with Gasteiger partial charge in [0.25, 0.3) is 0 Å². The lowest BCUT2D eigenvalue weighted by Gasteiger charge is -2.27. The first-order chi connectivity index (χ1) is 16.1. The summed E-state index contributed by atoms with van der Waals surface area (Å²) in [6, 6.07) is 22.9. The molecular weight excluding hydrogens is 419 g/mol. The van der Waals surface area contributed by atoms with Gasteiger partial charge in [0.2, 0.25) is 0 Å². The molecule has 1 fully saturated rings. The van der Waals surface area contributed by atoms with Gasteiger partial charge in [0, 0.05) is 11.6 Å². The van der Waals surface area contributed by atoms with Crippen LogP contribution in [0.5, 0.6) is 5.75 Å². The smallest absolute Gasteiger partial charge is 0.335 e. The first-order valence-corrected chi connectivity index (χ1v) is 11.2. The summed E-state index contributed by atoms with van der Waals surface area (Å²) in [4.78, 5) is 16.3. The van der Waals surface area contributed by atoms with Crippen LogP contribution < -0.4 is 4.74 Å². The molecule has 1 aliphatic rings. The van der Waals surface area contributed by atoms with Gasteiger partial charge in [-0.2, -0.15) is 0 Å². The highest BCUT2D eigenvalue weighted by atomic mass is 19.1. The second-order valence-corrected chi connectivity index (χ2v) is 8.52. The number of benzene rings is 3. The van der Waals surface area contributed by atoms with Crippen LogP contribution in [0.3, 0.4) is 0 Å². The molecule has 1 N–H and O–H groups in total. The van der Waals surface area contributed by atoms with Gasteiger partial charge in [-0.1, -0.05) is 30.3 Å². The zero-order valence-corrected chi connectivity index (χ0v) is 18.2. The molecule has 33 heavy (non-hydrogen) atoms. The molecule has 6 heteroatoms. The lowest BCUT2D eigenvalue weighted by molar-refractivity contribution is 0.0697. The van der Waals surface area contributed by atoms with Crippen LogP contribution in [0.4, 0.5) is 4.39 Å². The van der Waals surface area contributed by atoms with Crippen molar-refractivity contribution >= 4 is 17.0 Å².